The van der Waals surface area contributed by atoms with Gasteiger partial charge in [0, 0.05) is 11.6 Å². The number of rotatable bonds is 6. The molecule has 1 unspecified atom stereocenters. The molecule has 2 N–H and O–H groups in total. The summed E-state index contributed by atoms with van der Waals surface area (Å²) in [6, 6.07) is 15.6. The van der Waals surface area contributed by atoms with Gasteiger partial charge in [0.25, 0.3) is 0 Å². The molecule has 1 atom stereocenters. The van der Waals surface area contributed by atoms with Gasteiger partial charge in [-0.3, -0.25) is 0 Å². The van der Waals surface area contributed by atoms with Crippen molar-refractivity contribution in [3.8, 4) is 11.5 Å². The average molecular weight is 271 g/mol. The number of phenols is 1. The summed E-state index contributed by atoms with van der Waals surface area (Å²) in [7, 11) is 1.69. The maximum absolute atomic E-state index is 9.58. The van der Waals surface area contributed by atoms with Crippen LogP contribution < -0.4 is 10.1 Å². The Morgan fingerprint density at radius 3 is 2.65 bits per heavy atom. The Morgan fingerprint density at radius 1 is 1.15 bits per heavy atom. The third kappa shape index (κ3) is 3.52. The minimum atomic E-state index is 0.165. The largest absolute Gasteiger partial charge is 0.508 e. The van der Waals surface area contributed by atoms with Gasteiger partial charge >= 0.3 is 0 Å². The lowest BCUT2D eigenvalue weighted by Crippen LogP contribution is -2.23. The standard InChI is InChI=1S/C17H21NO2/c1-3-18-16(12-13-7-6-8-14(19)11-13)15-9-4-5-10-17(15)20-2/h4-11,16,18-19H,3,12H2,1-2H3. The zero-order chi connectivity index (χ0) is 14.4. The van der Waals surface area contributed by atoms with E-state index in [1.54, 1.807) is 19.2 Å². The molecule has 0 aliphatic rings. The Balaban J connectivity index is 2.26. The first kappa shape index (κ1) is 14.4. The number of methoxy groups -OCH3 is 1. The molecule has 0 aliphatic heterocycles. The first-order chi connectivity index (χ1) is 9.74. The second-order valence-electron chi connectivity index (χ2n) is 4.73. The molecule has 3 nitrogen and oxygen atoms in total. The van der Waals surface area contributed by atoms with Crippen molar-refractivity contribution in [3.63, 3.8) is 0 Å². The maximum Gasteiger partial charge on any atom is 0.123 e. The van der Waals surface area contributed by atoms with Crippen LogP contribution in [0.5, 0.6) is 11.5 Å². The Morgan fingerprint density at radius 2 is 1.95 bits per heavy atom. The molecular formula is C17H21NO2. The highest BCUT2D eigenvalue weighted by Gasteiger charge is 2.15. The van der Waals surface area contributed by atoms with Crippen LogP contribution in [-0.2, 0) is 6.42 Å². The van der Waals surface area contributed by atoms with E-state index < -0.39 is 0 Å². The van der Waals surface area contributed by atoms with Gasteiger partial charge in [-0.25, -0.2) is 0 Å². The van der Waals surface area contributed by atoms with Crippen LogP contribution in [0.1, 0.15) is 24.1 Å². The lowest BCUT2D eigenvalue weighted by Gasteiger charge is -2.21. The van der Waals surface area contributed by atoms with Crippen molar-refractivity contribution in [2.45, 2.75) is 19.4 Å². The maximum atomic E-state index is 9.58. The molecule has 2 rings (SSSR count). The van der Waals surface area contributed by atoms with Gasteiger partial charge < -0.3 is 15.2 Å². The molecule has 0 bridgehead atoms. The average Bonchev–Trinajstić information content (AvgIpc) is 2.47. The van der Waals surface area contributed by atoms with Gasteiger partial charge in [-0.15, -0.1) is 0 Å². The topological polar surface area (TPSA) is 41.5 Å². The molecular weight excluding hydrogens is 250 g/mol. The second kappa shape index (κ2) is 6.96. The number of aromatic hydroxyl groups is 1. The molecule has 0 aromatic heterocycles. The van der Waals surface area contributed by atoms with E-state index in [0.29, 0.717) is 5.75 Å². The summed E-state index contributed by atoms with van der Waals surface area (Å²) in [4.78, 5) is 0. The molecule has 0 saturated heterocycles. The number of hydrogen-bond donors (Lipinski definition) is 2. The van der Waals surface area contributed by atoms with E-state index in [1.165, 1.54) is 0 Å². The predicted molar refractivity (Wildman–Crippen MR) is 81.2 cm³/mol. The summed E-state index contributed by atoms with van der Waals surface area (Å²) in [5.41, 5.74) is 2.24. The molecule has 0 amide bonds. The zero-order valence-electron chi connectivity index (χ0n) is 12.0. The Kier molecular flexibility index (Phi) is 5.02. The van der Waals surface area contributed by atoms with Crippen molar-refractivity contribution in [1.82, 2.24) is 5.32 Å². The van der Waals surface area contributed by atoms with Crippen molar-refractivity contribution in [3.05, 3.63) is 59.7 Å². The van der Waals surface area contributed by atoms with Crippen molar-refractivity contribution in [2.75, 3.05) is 13.7 Å². The quantitative estimate of drug-likeness (QED) is 0.847. The fourth-order valence-corrected chi connectivity index (χ4v) is 2.41. The van der Waals surface area contributed by atoms with Gasteiger partial charge in [-0.1, -0.05) is 37.3 Å². The third-order valence-electron chi connectivity index (χ3n) is 3.32. The number of nitrogens with one attached hydrogen (secondary N) is 1. The minimum Gasteiger partial charge on any atom is -0.508 e. The summed E-state index contributed by atoms with van der Waals surface area (Å²) >= 11 is 0. The Bertz CT molecular complexity index is 554. The highest BCUT2D eigenvalue weighted by Crippen LogP contribution is 2.28. The van der Waals surface area contributed by atoms with E-state index >= 15 is 0 Å². The SMILES string of the molecule is CCNC(Cc1cccc(O)c1)c1ccccc1OC. The van der Waals surface area contributed by atoms with Gasteiger partial charge in [0.1, 0.15) is 11.5 Å². The molecule has 2 aromatic carbocycles. The van der Waals surface area contributed by atoms with Crippen LogP contribution in [0.15, 0.2) is 48.5 Å². The molecule has 0 fully saturated rings. The predicted octanol–water partition coefficient (Wildman–Crippen LogP) is 3.29. The lowest BCUT2D eigenvalue weighted by molar-refractivity contribution is 0.399. The molecule has 0 spiro atoms. The van der Waals surface area contributed by atoms with E-state index in [-0.39, 0.29) is 6.04 Å². The molecule has 0 saturated carbocycles. The van der Waals surface area contributed by atoms with Crippen LogP contribution in [0.4, 0.5) is 0 Å². The zero-order valence-corrected chi connectivity index (χ0v) is 12.0. The van der Waals surface area contributed by atoms with E-state index in [2.05, 4.69) is 18.3 Å². The summed E-state index contributed by atoms with van der Waals surface area (Å²) in [6.07, 6.45) is 0.808. The third-order valence-corrected chi connectivity index (χ3v) is 3.32. The lowest BCUT2D eigenvalue weighted by atomic mass is 9.98. The van der Waals surface area contributed by atoms with Crippen molar-refractivity contribution >= 4 is 0 Å². The van der Waals surface area contributed by atoms with Crippen molar-refractivity contribution < 1.29 is 9.84 Å². The van der Waals surface area contributed by atoms with Crippen molar-refractivity contribution in [2.24, 2.45) is 0 Å². The van der Waals surface area contributed by atoms with E-state index in [4.69, 9.17) is 4.74 Å². The molecule has 0 heterocycles. The Hall–Kier alpha value is -2.00. The summed E-state index contributed by atoms with van der Waals surface area (Å²) in [6.45, 7) is 2.96. The van der Waals surface area contributed by atoms with Crippen LogP contribution in [0.2, 0.25) is 0 Å². The van der Waals surface area contributed by atoms with Gasteiger partial charge in [-0.2, -0.15) is 0 Å². The monoisotopic (exact) mass is 271 g/mol. The fourth-order valence-electron chi connectivity index (χ4n) is 2.41. The highest BCUT2D eigenvalue weighted by molar-refractivity contribution is 5.37. The van der Waals surface area contributed by atoms with Crippen LogP contribution >= 0.6 is 0 Å². The number of para-hydroxylation sites is 1. The van der Waals surface area contributed by atoms with E-state index in [0.717, 1.165) is 29.8 Å². The number of benzene rings is 2. The molecule has 0 aliphatic carbocycles. The summed E-state index contributed by atoms with van der Waals surface area (Å²) in [5, 5.41) is 13.1. The molecule has 0 radical (unpaired) electrons. The number of phenolic OH excluding ortho intramolecular Hbond substituents is 1. The number of ether oxygens (including phenoxy) is 1. The molecule has 106 valence electrons. The van der Waals surface area contributed by atoms with Crippen LogP contribution in [0.25, 0.3) is 0 Å². The van der Waals surface area contributed by atoms with E-state index in [1.807, 2.05) is 30.3 Å². The fraction of sp³-hybridized carbons (Fsp3) is 0.294. The normalized spacial score (nSPS) is 12.1. The van der Waals surface area contributed by atoms with Crippen LogP contribution in [0, 0.1) is 0 Å². The van der Waals surface area contributed by atoms with Crippen LogP contribution in [0.3, 0.4) is 0 Å². The summed E-state index contributed by atoms with van der Waals surface area (Å²) < 4.78 is 5.44. The van der Waals surface area contributed by atoms with Gasteiger partial charge in [0.15, 0.2) is 0 Å². The number of hydrogen-bond acceptors (Lipinski definition) is 3. The van der Waals surface area contributed by atoms with Gasteiger partial charge in [0.05, 0.1) is 7.11 Å². The van der Waals surface area contributed by atoms with Crippen LogP contribution in [-0.4, -0.2) is 18.8 Å². The molecule has 2 aromatic rings. The summed E-state index contributed by atoms with van der Waals surface area (Å²) in [5.74, 6) is 1.19. The Labute approximate surface area is 120 Å². The van der Waals surface area contributed by atoms with Gasteiger partial charge in [0.2, 0.25) is 0 Å². The van der Waals surface area contributed by atoms with Crippen molar-refractivity contribution in [1.29, 1.82) is 0 Å². The molecule has 3 heteroatoms. The molecule has 20 heavy (non-hydrogen) atoms. The smallest absolute Gasteiger partial charge is 0.123 e. The first-order valence-corrected chi connectivity index (χ1v) is 6.88. The second-order valence-corrected chi connectivity index (χ2v) is 4.73. The van der Waals surface area contributed by atoms with E-state index in [9.17, 15) is 5.11 Å². The first-order valence-electron chi connectivity index (χ1n) is 6.88. The minimum absolute atomic E-state index is 0.165. The highest BCUT2D eigenvalue weighted by atomic mass is 16.5. The number of likely N-dealkylation sites (N-methyl/N-ethyl adjacent to an activating group) is 1. The van der Waals surface area contributed by atoms with Gasteiger partial charge in [-0.05, 0) is 36.7 Å².